The van der Waals surface area contributed by atoms with Crippen molar-refractivity contribution < 1.29 is 23.1 Å². The Kier molecular flexibility index (Phi) is 6.93. The molecule has 2 aromatic carbocycles. The fourth-order valence-electron chi connectivity index (χ4n) is 4.78. The molecule has 1 aliphatic heterocycles. The first-order valence-corrected chi connectivity index (χ1v) is 11.4. The zero-order chi connectivity index (χ0) is 23.5. The first-order chi connectivity index (χ1) is 15.9. The van der Waals surface area contributed by atoms with E-state index in [-0.39, 0.29) is 24.2 Å². The van der Waals surface area contributed by atoms with Gasteiger partial charge in [-0.25, -0.2) is 8.78 Å². The monoisotopic (exact) mass is 457 g/mol. The highest BCUT2D eigenvalue weighted by atomic mass is 19.2. The molecule has 1 aliphatic carbocycles. The van der Waals surface area contributed by atoms with Crippen LogP contribution in [0.3, 0.4) is 0 Å². The van der Waals surface area contributed by atoms with Gasteiger partial charge in [0.15, 0.2) is 11.6 Å². The number of halogens is 2. The molecule has 1 saturated heterocycles. The molecule has 2 amide bonds. The Morgan fingerprint density at radius 1 is 1.09 bits per heavy atom. The predicted octanol–water partition coefficient (Wildman–Crippen LogP) is 3.10. The van der Waals surface area contributed by atoms with E-state index >= 15 is 0 Å². The molecule has 0 spiro atoms. The average Bonchev–Trinajstić information content (AvgIpc) is 3.22. The molecule has 0 bridgehead atoms. The lowest BCUT2D eigenvalue weighted by Gasteiger charge is -2.35. The molecule has 6 nitrogen and oxygen atoms in total. The Balaban J connectivity index is 1.32. The molecular weight excluding hydrogens is 428 g/mol. The Hall–Kier alpha value is -3.00. The van der Waals surface area contributed by atoms with Crippen LogP contribution in [0.25, 0.3) is 0 Å². The van der Waals surface area contributed by atoms with Crippen LogP contribution in [-0.4, -0.2) is 60.4 Å². The molecule has 0 radical (unpaired) electrons. The van der Waals surface area contributed by atoms with Crippen LogP contribution in [0.2, 0.25) is 0 Å². The van der Waals surface area contributed by atoms with Crippen LogP contribution in [0.5, 0.6) is 5.75 Å². The lowest BCUT2D eigenvalue weighted by atomic mass is 9.91. The smallest absolute Gasteiger partial charge is 0.254 e. The summed E-state index contributed by atoms with van der Waals surface area (Å²) < 4.78 is 32.7. The minimum atomic E-state index is -0.883. The Bertz CT molecular complexity index is 1040. The summed E-state index contributed by atoms with van der Waals surface area (Å²) in [5.41, 5.74) is 8.37. The van der Waals surface area contributed by atoms with E-state index in [4.69, 9.17) is 10.5 Å². The number of nitrogens with two attached hydrogens (primary N) is 1. The van der Waals surface area contributed by atoms with Crippen molar-refractivity contribution in [2.45, 2.75) is 38.1 Å². The van der Waals surface area contributed by atoms with Crippen LogP contribution >= 0.6 is 0 Å². The van der Waals surface area contributed by atoms with Gasteiger partial charge in [0.1, 0.15) is 5.75 Å². The molecular formula is C25H29F2N3O3. The van der Waals surface area contributed by atoms with Crippen molar-refractivity contribution in [1.82, 2.24) is 9.80 Å². The van der Waals surface area contributed by atoms with Gasteiger partial charge >= 0.3 is 0 Å². The molecule has 4 rings (SSSR count). The molecule has 33 heavy (non-hydrogen) atoms. The van der Waals surface area contributed by atoms with E-state index in [1.165, 1.54) is 12.1 Å². The first-order valence-electron chi connectivity index (χ1n) is 11.4. The third-order valence-electron chi connectivity index (χ3n) is 6.55. The molecule has 1 heterocycles. The van der Waals surface area contributed by atoms with E-state index in [1.807, 2.05) is 13.0 Å². The Morgan fingerprint density at radius 3 is 2.52 bits per heavy atom. The lowest BCUT2D eigenvalue weighted by Crippen LogP contribution is -2.51. The van der Waals surface area contributed by atoms with Gasteiger partial charge in [-0.2, -0.15) is 0 Å². The predicted molar refractivity (Wildman–Crippen MR) is 120 cm³/mol. The number of benzene rings is 2. The number of rotatable bonds is 6. The Labute approximate surface area is 192 Å². The number of aryl methyl sites for hydroxylation is 1. The number of amides is 2. The molecule has 2 aromatic rings. The summed E-state index contributed by atoms with van der Waals surface area (Å²) in [7, 11) is 0. The quantitative estimate of drug-likeness (QED) is 0.723. The standard InChI is InChI=1S/C25H29F2N3O3/c1-2-33-18-5-3-4-17(12-18)25(32)30-10-8-29(9-11-30)24(31)15-23(28)19-7-6-16-13-21(26)22(27)14-20(16)19/h3-5,12-14,19,23H,2,6-11,15,28H2,1H3/t19-,23-/m0/s1. The van der Waals surface area contributed by atoms with Crippen molar-refractivity contribution in [2.75, 3.05) is 32.8 Å². The molecule has 8 heteroatoms. The van der Waals surface area contributed by atoms with Crippen LogP contribution in [0.1, 0.15) is 47.2 Å². The molecule has 2 aliphatic rings. The van der Waals surface area contributed by atoms with E-state index in [0.717, 1.165) is 5.56 Å². The summed E-state index contributed by atoms with van der Waals surface area (Å²) in [4.78, 5) is 29.2. The van der Waals surface area contributed by atoms with Gasteiger partial charge in [0.25, 0.3) is 5.91 Å². The summed E-state index contributed by atoms with van der Waals surface area (Å²) >= 11 is 0. The van der Waals surface area contributed by atoms with Crippen molar-refractivity contribution >= 4 is 11.8 Å². The van der Waals surface area contributed by atoms with Crippen molar-refractivity contribution in [2.24, 2.45) is 5.73 Å². The van der Waals surface area contributed by atoms with Gasteiger partial charge in [0, 0.05) is 50.1 Å². The topological polar surface area (TPSA) is 75.9 Å². The zero-order valence-corrected chi connectivity index (χ0v) is 18.7. The number of nitrogens with zero attached hydrogens (tertiary/aromatic N) is 2. The minimum absolute atomic E-state index is 0.0797. The first kappa shape index (κ1) is 23.2. The highest BCUT2D eigenvalue weighted by Gasteiger charge is 2.32. The maximum atomic E-state index is 13.7. The van der Waals surface area contributed by atoms with Gasteiger partial charge in [-0.3, -0.25) is 9.59 Å². The molecule has 2 atom stereocenters. The van der Waals surface area contributed by atoms with Gasteiger partial charge in [-0.15, -0.1) is 0 Å². The van der Waals surface area contributed by atoms with Gasteiger partial charge < -0.3 is 20.3 Å². The number of hydrogen-bond acceptors (Lipinski definition) is 4. The van der Waals surface area contributed by atoms with Gasteiger partial charge in [-0.1, -0.05) is 6.07 Å². The van der Waals surface area contributed by atoms with E-state index in [0.29, 0.717) is 62.5 Å². The summed E-state index contributed by atoms with van der Waals surface area (Å²) in [6.07, 6.45) is 1.44. The average molecular weight is 458 g/mol. The molecule has 176 valence electrons. The Morgan fingerprint density at radius 2 is 1.79 bits per heavy atom. The summed E-state index contributed by atoms with van der Waals surface area (Å²) in [5, 5.41) is 0. The van der Waals surface area contributed by atoms with Crippen LogP contribution in [0.4, 0.5) is 8.78 Å². The third kappa shape index (κ3) is 5.00. The molecule has 0 saturated carbocycles. The second-order valence-corrected chi connectivity index (χ2v) is 8.61. The number of hydrogen-bond donors (Lipinski definition) is 1. The third-order valence-corrected chi connectivity index (χ3v) is 6.55. The van der Waals surface area contributed by atoms with Crippen LogP contribution in [0.15, 0.2) is 36.4 Å². The van der Waals surface area contributed by atoms with E-state index in [2.05, 4.69) is 0 Å². The summed E-state index contributed by atoms with van der Waals surface area (Å²) in [5.74, 6) is -1.41. The second-order valence-electron chi connectivity index (χ2n) is 8.61. The van der Waals surface area contributed by atoms with Crippen molar-refractivity contribution in [3.63, 3.8) is 0 Å². The number of piperazine rings is 1. The maximum absolute atomic E-state index is 13.7. The summed E-state index contributed by atoms with van der Waals surface area (Å²) in [6, 6.07) is 9.09. The van der Waals surface area contributed by atoms with E-state index in [9.17, 15) is 18.4 Å². The zero-order valence-electron chi connectivity index (χ0n) is 18.7. The number of fused-ring (bicyclic) bond motifs is 1. The van der Waals surface area contributed by atoms with Crippen molar-refractivity contribution in [1.29, 1.82) is 0 Å². The number of carbonyl (C=O) groups is 2. The molecule has 2 N–H and O–H groups in total. The fraction of sp³-hybridized carbons (Fsp3) is 0.440. The maximum Gasteiger partial charge on any atom is 0.254 e. The van der Waals surface area contributed by atoms with Crippen LogP contribution in [0, 0.1) is 11.6 Å². The van der Waals surface area contributed by atoms with Gasteiger partial charge in [0.2, 0.25) is 5.91 Å². The van der Waals surface area contributed by atoms with Gasteiger partial charge in [0.05, 0.1) is 6.61 Å². The SMILES string of the molecule is CCOc1cccc(C(=O)N2CCN(C(=O)C[C@H](N)[C@H]3CCc4cc(F)c(F)cc43)CC2)c1. The molecule has 1 fully saturated rings. The summed E-state index contributed by atoms with van der Waals surface area (Å²) in [6.45, 7) is 4.16. The van der Waals surface area contributed by atoms with Crippen molar-refractivity contribution in [3.8, 4) is 5.75 Å². The highest BCUT2D eigenvalue weighted by molar-refractivity contribution is 5.94. The fourth-order valence-corrected chi connectivity index (χ4v) is 4.78. The minimum Gasteiger partial charge on any atom is -0.494 e. The van der Waals surface area contributed by atoms with Crippen molar-refractivity contribution in [3.05, 3.63) is 64.7 Å². The van der Waals surface area contributed by atoms with Gasteiger partial charge in [-0.05, 0) is 61.2 Å². The molecule has 0 aromatic heterocycles. The largest absolute Gasteiger partial charge is 0.494 e. The van der Waals surface area contributed by atoms with Crippen LogP contribution in [-0.2, 0) is 11.2 Å². The second kappa shape index (κ2) is 9.87. The van der Waals surface area contributed by atoms with E-state index in [1.54, 1.807) is 28.0 Å². The number of carbonyl (C=O) groups excluding carboxylic acids is 2. The highest BCUT2D eigenvalue weighted by Crippen LogP contribution is 2.37. The number of ether oxygens (including phenoxy) is 1. The molecule has 0 unspecified atom stereocenters. The van der Waals surface area contributed by atoms with Crippen LogP contribution < -0.4 is 10.5 Å². The normalized spacial score (nSPS) is 18.7. The lowest BCUT2D eigenvalue weighted by molar-refractivity contribution is -0.133. The van der Waals surface area contributed by atoms with E-state index < -0.39 is 17.7 Å².